The number of carbonyl (C=O) groups is 1. The number of hydrogen-bond donors (Lipinski definition) is 2. The number of aryl methyl sites for hydroxylation is 1. The lowest BCUT2D eigenvalue weighted by Gasteiger charge is -2.14. The van der Waals surface area contributed by atoms with Crippen LogP contribution in [-0.2, 0) is 9.68 Å². The van der Waals surface area contributed by atoms with Crippen molar-refractivity contribution in [1.29, 1.82) is 0 Å². The van der Waals surface area contributed by atoms with E-state index >= 15 is 0 Å². The second kappa shape index (κ2) is 6.83. The van der Waals surface area contributed by atoms with Crippen LogP contribution in [0.25, 0.3) is 6.08 Å². The summed E-state index contributed by atoms with van der Waals surface area (Å²) in [5, 5.41) is 17.7. The van der Waals surface area contributed by atoms with E-state index in [2.05, 4.69) is 4.89 Å². The Morgan fingerprint density at radius 1 is 1.05 bits per heavy atom. The summed E-state index contributed by atoms with van der Waals surface area (Å²) in [6, 6.07) is 14.8. The average molecular weight is 284 g/mol. The molecule has 0 spiro atoms. The van der Waals surface area contributed by atoms with E-state index in [-0.39, 0.29) is 0 Å². The number of carboxylic acid groups (broad SMARTS) is 1. The molecule has 2 aromatic rings. The molecule has 0 amide bonds. The van der Waals surface area contributed by atoms with Crippen molar-refractivity contribution in [3.05, 3.63) is 76.9 Å². The topological polar surface area (TPSA) is 66.8 Å². The van der Waals surface area contributed by atoms with E-state index in [4.69, 9.17) is 10.4 Å². The first kappa shape index (κ1) is 15.0. The van der Waals surface area contributed by atoms with Crippen LogP contribution in [0, 0.1) is 6.92 Å². The molecule has 1 atom stereocenters. The minimum atomic E-state index is -0.990. The van der Waals surface area contributed by atoms with Crippen LogP contribution in [-0.4, -0.2) is 16.3 Å². The Bertz CT molecular complexity index is 627. The van der Waals surface area contributed by atoms with Gasteiger partial charge in [0.25, 0.3) is 0 Å². The molecule has 0 saturated carbocycles. The Morgan fingerprint density at radius 3 is 2.05 bits per heavy atom. The van der Waals surface area contributed by atoms with Crippen LogP contribution in [0.15, 0.2) is 54.6 Å². The molecule has 21 heavy (non-hydrogen) atoms. The third kappa shape index (κ3) is 4.02. The number of hydrogen-bond acceptors (Lipinski definition) is 3. The second-order valence-corrected chi connectivity index (χ2v) is 4.73. The molecule has 4 nitrogen and oxygen atoms in total. The fourth-order valence-electron chi connectivity index (χ4n) is 2.00. The number of aliphatic carboxylic acids is 1. The molecule has 2 aromatic carbocycles. The molecule has 0 heterocycles. The van der Waals surface area contributed by atoms with Gasteiger partial charge in [-0.15, -0.1) is 0 Å². The highest BCUT2D eigenvalue weighted by atomic mass is 17.1. The Labute approximate surface area is 122 Å². The molecule has 2 N–H and O–H groups in total. The molecule has 1 unspecified atom stereocenters. The Morgan fingerprint density at radius 2 is 1.57 bits per heavy atom. The molecule has 0 fully saturated rings. The van der Waals surface area contributed by atoms with Gasteiger partial charge in [-0.2, -0.15) is 0 Å². The summed E-state index contributed by atoms with van der Waals surface area (Å²) in [5.41, 5.74) is 3.53. The lowest BCUT2D eigenvalue weighted by atomic mass is 9.99. The van der Waals surface area contributed by atoms with Crippen LogP contribution >= 0.6 is 0 Å². The predicted octanol–water partition coefficient (Wildman–Crippen LogP) is 3.67. The molecule has 0 bridgehead atoms. The van der Waals surface area contributed by atoms with E-state index in [0.717, 1.165) is 28.3 Å². The molecule has 0 aliphatic carbocycles. The average Bonchev–Trinajstić information content (AvgIpc) is 2.49. The van der Waals surface area contributed by atoms with E-state index in [1.807, 2.05) is 31.2 Å². The standard InChI is InChI=1S/C17H16O4/c1-12-2-7-14(8-3-12)17(21-20)15-9-4-13(5-10-15)6-11-16(18)19/h2-11,17,20H,1H3,(H,18,19). The van der Waals surface area contributed by atoms with Crippen molar-refractivity contribution in [2.75, 3.05) is 0 Å². The zero-order valence-electron chi connectivity index (χ0n) is 11.6. The molecular weight excluding hydrogens is 268 g/mol. The fourth-order valence-corrected chi connectivity index (χ4v) is 2.00. The van der Waals surface area contributed by atoms with Gasteiger partial charge in [0.15, 0.2) is 0 Å². The van der Waals surface area contributed by atoms with Gasteiger partial charge in [0.2, 0.25) is 0 Å². The maximum absolute atomic E-state index is 10.5. The van der Waals surface area contributed by atoms with Gasteiger partial charge in [-0.25, -0.2) is 9.68 Å². The maximum atomic E-state index is 10.5. The molecule has 0 aliphatic heterocycles. The Balaban J connectivity index is 2.23. The van der Waals surface area contributed by atoms with Crippen LogP contribution in [0.3, 0.4) is 0 Å². The summed E-state index contributed by atoms with van der Waals surface area (Å²) in [4.78, 5) is 15.1. The van der Waals surface area contributed by atoms with Crippen LogP contribution in [0.1, 0.15) is 28.4 Å². The van der Waals surface area contributed by atoms with Crippen molar-refractivity contribution >= 4 is 12.0 Å². The number of benzene rings is 2. The Hall–Kier alpha value is -2.43. The summed E-state index contributed by atoms with van der Waals surface area (Å²) in [5.74, 6) is -0.990. The van der Waals surface area contributed by atoms with Gasteiger partial charge in [-0.1, -0.05) is 54.1 Å². The number of rotatable bonds is 5. The molecule has 0 saturated heterocycles. The summed E-state index contributed by atoms with van der Waals surface area (Å²) < 4.78 is 0. The second-order valence-electron chi connectivity index (χ2n) is 4.73. The van der Waals surface area contributed by atoms with Crippen molar-refractivity contribution in [1.82, 2.24) is 0 Å². The third-order valence-corrected chi connectivity index (χ3v) is 3.14. The highest BCUT2D eigenvalue weighted by Crippen LogP contribution is 2.25. The van der Waals surface area contributed by atoms with Gasteiger partial charge < -0.3 is 5.11 Å². The lowest BCUT2D eigenvalue weighted by Crippen LogP contribution is -2.03. The van der Waals surface area contributed by atoms with Crippen molar-refractivity contribution in [3.63, 3.8) is 0 Å². The fraction of sp³-hybridized carbons (Fsp3) is 0.118. The van der Waals surface area contributed by atoms with Crippen molar-refractivity contribution in [2.45, 2.75) is 13.0 Å². The highest BCUT2D eigenvalue weighted by molar-refractivity contribution is 5.85. The van der Waals surface area contributed by atoms with Gasteiger partial charge in [0, 0.05) is 6.08 Å². The summed E-state index contributed by atoms with van der Waals surface area (Å²) >= 11 is 0. The largest absolute Gasteiger partial charge is 0.478 e. The monoisotopic (exact) mass is 284 g/mol. The first-order valence-electron chi connectivity index (χ1n) is 6.48. The molecule has 2 rings (SSSR count). The SMILES string of the molecule is Cc1ccc(C(OO)c2ccc(C=CC(=O)O)cc2)cc1. The Kier molecular flexibility index (Phi) is 4.87. The quantitative estimate of drug-likeness (QED) is 0.499. The summed E-state index contributed by atoms with van der Waals surface area (Å²) in [6.07, 6.45) is 2.02. The molecular formula is C17H16O4. The molecule has 0 aromatic heterocycles. The number of carboxylic acids is 1. The first-order chi connectivity index (χ1) is 10.1. The van der Waals surface area contributed by atoms with Gasteiger partial charge >= 0.3 is 5.97 Å². The van der Waals surface area contributed by atoms with Crippen LogP contribution < -0.4 is 0 Å². The van der Waals surface area contributed by atoms with Crippen molar-refractivity contribution in [3.8, 4) is 0 Å². The van der Waals surface area contributed by atoms with Gasteiger partial charge in [-0.3, -0.25) is 5.26 Å². The van der Waals surface area contributed by atoms with Crippen LogP contribution in [0.2, 0.25) is 0 Å². The van der Waals surface area contributed by atoms with E-state index in [1.165, 1.54) is 6.08 Å². The van der Waals surface area contributed by atoms with Crippen molar-refractivity contribution < 1.29 is 20.0 Å². The van der Waals surface area contributed by atoms with Crippen LogP contribution in [0.5, 0.6) is 0 Å². The minimum absolute atomic E-state index is 0.567. The predicted molar refractivity (Wildman–Crippen MR) is 79.8 cm³/mol. The molecule has 0 aliphatic rings. The van der Waals surface area contributed by atoms with E-state index in [0.29, 0.717) is 0 Å². The molecule has 108 valence electrons. The molecule has 4 heteroatoms. The summed E-state index contributed by atoms with van der Waals surface area (Å²) in [6.45, 7) is 1.99. The van der Waals surface area contributed by atoms with E-state index < -0.39 is 12.1 Å². The smallest absolute Gasteiger partial charge is 0.328 e. The van der Waals surface area contributed by atoms with Gasteiger partial charge in [0.1, 0.15) is 6.10 Å². The van der Waals surface area contributed by atoms with Crippen LogP contribution in [0.4, 0.5) is 0 Å². The third-order valence-electron chi connectivity index (χ3n) is 3.14. The minimum Gasteiger partial charge on any atom is -0.478 e. The zero-order valence-corrected chi connectivity index (χ0v) is 11.6. The van der Waals surface area contributed by atoms with Crippen molar-refractivity contribution in [2.24, 2.45) is 0 Å². The van der Waals surface area contributed by atoms with Gasteiger partial charge in [0.05, 0.1) is 0 Å². The lowest BCUT2D eigenvalue weighted by molar-refractivity contribution is -0.270. The zero-order chi connectivity index (χ0) is 15.2. The first-order valence-corrected chi connectivity index (χ1v) is 6.48. The highest BCUT2D eigenvalue weighted by Gasteiger charge is 2.14. The molecule has 0 radical (unpaired) electrons. The van der Waals surface area contributed by atoms with E-state index in [1.54, 1.807) is 24.3 Å². The normalized spacial score (nSPS) is 12.5. The van der Waals surface area contributed by atoms with E-state index in [9.17, 15) is 4.79 Å². The summed E-state index contributed by atoms with van der Waals surface area (Å²) in [7, 11) is 0. The van der Waals surface area contributed by atoms with Gasteiger partial charge in [-0.05, 0) is 29.7 Å². The maximum Gasteiger partial charge on any atom is 0.328 e.